The van der Waals surface area contributed by atoms with Crippen molar-refractivity contribution in [3.8, 4) is 0 Å². The summed E-state index contributed by atoms with van der Waals surface area (Å²) in [7, 11) is 0. The van der Waals surface area contributed by atoms with Crippen molar-refractivity contribution < 1.29 is 0 Å². The van der Waals surface area contributed by atoms with Gasteiger partial charge in [0.05, 0.1) is 11.0 Å². The molecule has 15 heavy (non-hydrogen) atoms. The molecule has 78 valence electrons. The molecular weight excluding hydrogens is 184 g/mol. The lowest BCUT2D eigenvalue weighted by molar-refractivity contribution is 0.587. The Balaban J connectivity index is 2.73. The van der Waals surface area contributed by atoms with Crippen molar-refractivity contribution >= 4 is 11.0 Å². The van der Waals surface area contributed by atoms with Gasteiger partial charge in [-0.1, -0.05) is 20.8 Å². The van der Waals surface area contributed by atoms with Gasteiger partial charge in [-0.25, -0.2) is 0 Å². The van der Waals surface area contributed by atoms with E-state index in [2.05, 4.69) is 49.8 Å². The van der Waals surface area contributed by atoms with E-state index in [0.29, 0.717) is 0 Å². The second kappa shape index (κ2) is 3.30. The first kappa shape index (κ1) is 10.1. The highest BCUT2D eigenvalue weighted by atomic mass is 14.8. The Morgan fingerprint density at radius 2 is 1.47 bits per heavy atom. The third kappa shape index (κ3) is 1.84. The predicted octanol–water partition coefficient (Wildman–Crippen LogP) is 3.24. The van der Waals surface area contributed by atoms with Crippen molar-refractivity contribution in [1.82, 2.24) is 9.97 Å². The second-order valence-corrected chi connectivity index (χ2v) is 4.96. The van der Waals surface area contributed by atoms with Gasteiger partial charge in [0.25, 0.3) is 0 Å². The number of hydrogen-bond donors (Lipinski definition) is 0. The molecule has 1 aromatic carbocycles. The van der Waals surface area contributed by atoms with Crippen LogP contribution in [0, 0.1) is 6.92 Å². The summed E-state index contributed by atoms with van der Waals surface area (Å²) in [6, 6.07) is 4.26. The van der Waals surface area contributed by atoms with Crippen LogP contribution in [0.5, 0.6) is 0 Å². The van der Waals surface area contributed by atoms with Gasteiger partial charge in [0.15, 0.2) is 0 Å². The SMILES string of the molecule is Cc1cc2nccnc2cc1C(C)(C)C. The molecule has 2 aromatic rings. The zero-order valence-corrected chi connectivity index (χ0v) is 9.70. The van der Waals surface area contributed by atoms with E-state index in [-0.39, 0.29) is 5.41 Å². The Morgan fingerprint density at radius 3 is 2.00 bits per heavy atom. The van der Waals surface area contributed by atoms with Gasteiger partial charge in [0, 0.05) is 12.4 Å². The van der Waals surface area contributed by atoms with Crippen molar-refractivity contribution in [2.45, 2.75) is 33.1 Å². The molecule has 1 aromatic heterocycles. The number of rotatable bonds is 0. The first-order valence-electron chi connectivity index (χ1n) is 5.20. The molecular formula is C13H16N2. The molecule has 0 saturated heterocycles. The molecule has 0 radical (unpaired) electrons. The number of aromatic nitrogens is 2. The van der Waals surface area contributed by atoms with Crippen LogP contribution in [-0.4, -0.2) is 9.97 Å². The molecule has 0 fully saturated rings. The Hall–Kier alpha value is -1.44. The summed E-state index contributed by atoms with van der Waals surface area (Å²) in [6.07, 6.45) is 3.47. The van der Waals surface area contributed by atoms with Gasteiger partial charge in [-0.3, -0.25) is 9.97 Å². The number of nitrogens with zero attached hydrogens (tertiary/aromatic N) is 2. The topological polar surface area (TPSA) is 25.8 Å². The fraction of sp³-hybridized carbons (Fsp3) is 0.385. The van der Waals surface area contributed by atoms with E-state index in [1.807, 2.05) is 0 Å². The van der Waals surface area contributed by atoms with Crippen molar-refractivity contribution in [1.29, 1.82) is 0 Å². The van der Waals surface area contributed by atoms with Crippen LogP contribution in [0.1, 0.15) is 31.9 Å². The highest BCUT2D eigenvalue weighted by molar-refractivity contribution is 5.76. The van der Waals surface area contributed by atoms with Gasteiger partial charge in [-0.05, 0) is 35.6 Å². The van der Waals surface area contributed by atoms with Crippen LogP contribution < -0.4 is 0 Å². The van der Waals surface area contributed by atoms with Gasteiger partial charge in [0.2, 0.25) is 0 Å². The number of aryl methyl sites for hydroxylation is 1. The molecule has 0 aliphatic rings. The monoisotopic (exact) mass is 200 g/mol. The number of fused-ring (bicyclic) bond motifs is 1. The van der Waals surface area contributed by atoms with Crippen LogP contribution in [0.25, 0.3) is 11.0 Å². The van der Waals surface area contributed by atoms with E-state index < -0.39 is 0 Å². The molecule has 0 bridgehead atoms. The summed E-state index contributed by atoms with van der Waals surface area (Å²) < 4.78 is 0. The molecule has 0 aliphatic heterocycles. The van der Waals surface area contributed by atoms with Crippen LogP contribution in [-0.2, 0) is 5.41 Å². The third-order valence-corrected chi connectivity index (χ3v) is 2.62. The normalized spacial score (nSPS) is 12.0. The molecule has 2 rings (SSSR count). The maximum atomic E-state index is 4.33. The lowest BCUT2D eigenvalue weighted by Crippen LogP contribution is -2.13. The Labute approximate surface area is 90.4 Å². The molecule has 0 aliphatic carbocycles. The standard InChI is InChI=1S/C13H16N2/c1-9-7-11-12(15-6-5-14-11)8-10(9)13(2,3)4/h5-8H,1-4H3. The molecule has 0 atom stereocenters. The van der Waals surface area contributed by atoms with Crippen LogP contribution in [0.15, 0.2) is 24.5 Å². The third-order valence-electron chi connectivity index (χ3n) is 2.62. The Kier molecular flexibility index (Phi) is 2.22. The van der Waals surface area contributed by atoms with Crippen LogP contribution in [0.2, 0.25) is 0 Å². The van der Waals surface area contributed by atoms with Crippen molar-refractivity contribution in [3.05, 3.63) is 35.7 Å². The fourth-order valence-corrected chi connectivity index (χ4v) is 1.92. The first-order chi connectivity index (χ1) is 6.98. The van der Waals surface area contributed by atoms with E-state index >= 15 is 0 Å². The summed E-state index contributed by atoms with van der Waals surface area (Å²) in [6.45, 7) is 8.79. The fourth-order valence-electron chi connectivity index (χ4n) is 1.92. The van der Waals surface area contributed by atoms with E-state index in [1.54, 1.807) is 12.4 Å². The van der Waals surface area contributed by atoms with E-state index in [4.69, 9.17) is 0 Å². The van der Waals surface area contributed by atoms with E-state index in [1.165, 1.54) is 11.1 Å². The lowest BCUT2D eigenvalue weighted by Gasteiger charge is -2.21. The van der Waals surface area contributed by atoms with Gasteiger partial charge in [0.1, 0.15) is 0 Å². The Morgan fingerprint density at radius 1 is 0.933 bits per heavy atom. The zero-order chi connectivity index (χ0) is 11.1. The average Bonchev–Trinajstić information content (AvgIpc) is 2.15. The summed E-state index contributed by atoms with van der Waals surface area (Å²) in [5.74, 6) is 0. The zero-order valence-electron chi connectivity index (χ0n) is 9.70. The van der Waals surface area contributed by atoms with Crippen molar-refractivity contribution in [2.75, 3.05) is 0 Å². The quantitative estimate of drug-likeness (QED) is 0.652. The van der Waals surface area contributed by atoms with Gasteiger partial charge < -0.3 is 0 Å². The summed E-state index contributed by atoms with van der Waals surface area (Å²) in [5, 5.41) is 0. The lowest BCUT2D eigenvalue weighted by atomic mass is 9.84. The molecule has 1 heterocycles. The minimum absolute atomic E-state index is 0.162. The minimum atomic E-state index is 0.162. The molecule has 0 spiro atoms. The maximum absolute atomic E-state index is 4.33. The summed E-state index contributed by atoms with van der Waals surface area (Å²) >= 11 is 0. The van der Waals surface area contributed by atoms with Gasteiger partial charge >= 0.3 is 0 Å². The van der Waals surface area contributed by atoms with Gasteiger partial charge in [-0.15, -0.1) is 0 Å². The molecule has 0 N–H and O–H groups in total. The number of benzene rings is 1. The van der Waals surface area contributed by atoms with E-state index in [0.717, 1.165) is 11.0 Å². The smallest absolute Gasteiger partial charge is 0.0889 e. The highest BCUT2D eigenvalue weighted by Gasteiger charge is 2.17. The van der Waals surface area contributed by atoms with Crippen LogP contribution in [0.3, 0.4) is 0 Å². The van der Waals surface area contributed by atoms with Crippen molar-refractivity contribution in [3.63, 3.8) is 0 Å². The first-order valence-corrected chi connectivity index (χ1v) is 5.20. The average molecular weight is 200 g/mol. The van der Waals surface area contributed by atoms with Gasteiger partial charge in [-0.2, -0.15) is 0 Å². The minimum Gasteiger partial charge on any atom is -0.253 e. The largest absolute Gasteiger partial charge is 0.253 e. The predicted molar refractivity (Wildman–Crippen MR) is 63.0 cm³/mol. The molecule has 0 amide bonds. The molecule has 0 unspecified atom stereocenters. The van der Waals surface area contributed by atoms with Crippen LogP contribution >= 0.6 is 0 Å². The molecule has 2 nitrogen and oxygen atoms in total. The summed E-state index contributed by atoms with van der Waals surface area (Å²) in [4.78, 5) is 8.64. The maximum Gasteiger partial charge on any atom is 0.0889 e. The number of hydrogen-bond acceptors (Lipinski definition) is 2. The highest BCUT2D eigenvalue weighted by Crippen LogP contribution is 2.27. The van der Waals surface area contributed by atoms with Crippen LogP contribution in [0.4, 0.5) is 0 Å². The second-order valence-electron chi connectivity index (χ2n) is 4.96. The van der Waals surface area contributed by atoms with Crippen molar-refractivity contribution in [2.24, 2.45) is 0 Å². The van der Waals surface area contributed by atoms with E-state index in [9.17, 15) is 0 Å². The molecule has 0 saturated carbocycles. The summed E-state index contributed by atoms with van der Waals surface area (Å²) in [5.41, 5.74) is 4.75. The molecule has 2 heteroatoms. The Bertz CT molecular complexity index is 495.